The molecule has 0 aliphatic heterocycles. The second kappa shape index (κ2) is 8.63. The van der Waals surface area contributed by atoms with E-state index in [1.165, 1.54) is 4.57 Å². The van der Waals surface area contributed by atoms with Crippen LogP contribution < -0.4 is 10.3 Å². The van der Waals surface area contributed by atoms with Crippen LogP contribution in [0.3, 0.4) is 0 Å². The molecule has 0 saturated heterocycles. The smallest absolute Gasteiger partial charge is 0.322 e. The molecular formula is C23H27N3O4S. The van der Waals surface area contributed by atoms with Crippen molar-refractivity contribution in [2.75, 3.05) is 5.75 Å². The number of para-hydroxylation sites is 1. The number of benzene rings is 1. The molecule has 0 atom stereocenters. The molecule has 2 heterocycles. The van der Waals surface area contributed by atoms with Gasteiger partial charge < -0.3 is 9.30 Å². The van der Waals surface area contributed by atoms with Crippen LogP contribution in [0.1, 0.15) is 34.9 Å². The van der Waals surface area contributed by atoms with E-state index in [2.05, 4.69) is 9.97 Å². The van der Waals surface area contributed by atoms with Crippen molar-refractivity contribution in [3.63, 3.8) is 0 Å². The topological polar surface area (TPSA) is 91.2 Å². The van der Waals surface area contributed by atoms with E-state index in [1.807, 2.05) is 32.0 Å². The van der Waals surface area contributed by atoms with Gasteiger partial charge in [-0.3, -0.25) is 4.79 Å². The van der Waals surface area contributed by atoms with Crippen LogP contribution >= 0.6 is 0 Å². The zero-order valence-electron chi connectivity index (χ0n) is 18.7. The maximum absolute atomic E-state index is 12.4. The van der Waals surface area contributed by atoms with Gasteiger partial charge in [0.1, 0.15) is 5.75 Å². The zero-order valence-corrected chi connectivity index (χ0v) is 19.5. The first-order chi connectivity index (χ1) is 14.5. The average molecular weight is 442 g/mol. The second-order valence-corrected chi connectivity index (χ2v) is 10.1. The van der Waals surface area contributed by atoms with Gasteiger partial charge in [-0.05, 0) is 50.5 Å². The third-order valence-electron chi connectivity index (χ3n) is 5.26. The Bertz CT molecular complexity index is 1260. The van der Waals surface area contributed by atoms with Gasteiger partial charge in [-0.2, -0.15) is 9.97 Å². The number of rotatable bonds is 6. The lowest BCUT2D eigenvalue weighted by molar-refractivity contribution is 0.434. The van der Waals surface area contributed by atoms with Crippen molar-refractivity contribution in [2.45, 2.75) is 40.4 Å². The first-order valence-corrected chi connectivity index (χ1v) is 11.8. The first-order valence-electron chi connectivity index (χ1n) is 10.0. The van der Waals surface area contributed by atoms with Crippen molar-refractivity contribution >= 4 is 9.84 Å². The minimum absolute atomic E-state index is 0.0117. The van der Waals surface area contributed by atoms with Crippen molar-refractivity contribution in [3.8, 4) is 23.0 Å². The van der Waals surface area contributed by atoms with E-state index in [1.54, 1.807) is 40.1 Å². The number of aromatic nitrogens is 3. The van der Waals surface area contributed by atoms with Gasteiger partial charge in [-0.15, -0.1) is 0 Å². The Morgan fingerprint density at radius 1 is 1.03 bits per heavy atom. The van der Waals surface area contributed by atoms with E-state index in [9.17, 15) is 13.2 Å². The Balaban J connectivity index is 2.22. The van der Waals surface area contributed by atoms with Gasteiger partial charge in [0.2, 0.25) is 0 Å². The predicted molar refractivity (Wildman–Crippen MR) is 121 cm³/mol. The highest BCUT2D eigenvalue weighted by atomic mass is 32.2. The third-order valence-corrected chi connectivity index (χ3v) is 6.85. The molecule has 0 bridgehead atoms. The molecule has 0 radical (unpaired) electrons. The van der Waals surface area contributed by atoms with Crippen molar-refractivity contribution in [2.24, 2.45) is 7.05 Å². The zero-order chi connectivity index (χ0) is 22.9. The summed E-state index contributed by atoms with van der Waals surface area (Å²) in [5, 5.41) is 0. The monoisotopic (exact) mass is 441 g/mol. The van der Waals surface area contributed by atoms with E-state index >= 15 is 0 Å². The minimum atomic E-state index is -3.32. The average Bonchev–Trinajstić information content (AvgIpc) is 2.70. The highest BCUT2D eigenvalue weighted by Crippen LogP contribution is 2.31. The van der Waals surface area contributed by atoms with Crippen molar-refractivity contribution in [3.05, 3.63) is 68.8 Å². The lowest BCUT2D eigenvalue weighted by Gasteiger charge is -2.15. The minimum Gasteiger partial charge on any atom is -0.424 e. The molecule has 1 aromatic carbocycles. The number of pyridine rings is 1. The molecule has 0 unspecified atom stereocenters. The molecule has 0 amide bonds. The summed E-state index contributed by atoms with van der Waals surface area (Å²) in [5.41, 5.74) is 4.58. The van der Waals surface area contributed by atoms with Gasteiger partial charge in [0.15, 0.2) is 9.84 Å². The summed E-state index contributed by atoms with van der Waals surface area (Å²) < 4.78 is 32.2. The Morgan fingerprint density at radius 2 is 1.68 bits per heavy atom. The number of hydrogen-bond donors (Lipinski definition) is 0. The molecule has 0 saturated carbocycles. The molecule has 0 N–H and O–H groups in total. The van der Waals surface area contributed by atoms with Crippen LogP contribution in [0.4, 0.5) is 0 Å². The van der Waals surface area contributed by atoms with E-state index in [0.717, 1.165) is 11.1 Å². The van der Waals surface area contributed by atoms with Crippen molar-refractivity contribution in [1.82, 2.24) is 14.5 Å². The fourth-order valence-electron chi connectivity index (χ4n) is 3.38. The highest BCUT2D eigenvalue weighted by Gasteiger charge is 2.20. The van der Waals surface area contributed by atoms with Crippen molar-refractivity contribution < 1.29 is 13.2 Å². The molecule has 3 aromatic rings. The molecule has 31 heavy (non-hydrogen) atoms. The highest BCUT2D eigenvalue weighted by molar-refractivity contribution is 7.90. The molecule has 0 aliphatic carbocycles. The number of nitrogens with zero attached hydrogens (tertiary/aromatic N) is 3. The van der Waals surface area contributed by atoms with Crippen LogP contribution in [0.25, 0.3) is 11.3 Å². The van der Waals surface area contributed by atoms with Crippen LogP contribution in [0.5, 0.6) is 11.8 Å². The third kappa shape index (κ3) is 4.85. The number of hydrogen-bond acceptors (Lipinski definition) is 6. The van der Waals surface area contributed by atoms with Crippen molar-refractivity contribution in [1.29, 1.82) is 0 Å². The number of sulfone groups is 1. The maximum atomic E-state index is 12.4. The second-order valence-electron chi connectivity index (χ2n) is 7.75. The summed E-state index contributed by atoms with van der Waals surface area (Å²) in [7, 11) is -1.65. The van der Waals surface area contributed by atoms with Crippen LogP contribution in [-0.4, -0.2) is 28.7 Å². The number of aryl methyl sites for hydroxylation is 4. The van der Waals surface area contributed by atoms with Gasteiger partial charge >= 0.3 is 6.01 Å². The molecule has 8 heteroatoms. The quantitative estimate of drug-likeness (QED) is 0.578. The molecule has 7 nitrogen and oxygen atoms in total. The number of ether oxygens (including phenoxy) is 1. The normalized spacial score (nSPS) is 11.5. The predicted octanol–water partition coefficient (Wildman–Crippen LogP) is 3.80. The lowest BCUT2D eigenvalue weighted by atomic mass is 10.1. The summed E-state index contributed by atoms with van der Waals surface area (Å²) in [6.45, 7) is 8.99. The van der Waals surface area contributed by atoms with Crippen LogP contribution in [0.2, 0.25) is 0 Å². The Kier molecular flexibility index (Phi) is 6.31. The standard InChI is InChI=1S/C23H27N3O4S/c1-7-31(28,29)13-19-17(5)20(18-11-16(4)22(27)26(6)12-18)25-23(24-19)30-21-14(2)9-8-10-15(21)3/h8-12H,7,13H2,1-6H3. The Hall–Kier alpha value is -3.00. The Morgan fingerprint density at radius 3 is 2.26 bits per heavy atom. The molecule has 0 spiro atoms. The first kappa shape index (κ1) is 22.7. The summed E-state index contributed by atoms with van der Waals surface area (Å²) >= 11 is 0. The van der Waals surface area contributed by atoms with E-state index in [4.69, 9.17) is 4.74 Å². The van der Waals surface area contributed by atoms with Gasteiger partial charge in [0, 0.05) is 30.1 Å². The SMILES string of the molecule is CCS(=O)(=O)Cc1nc(Oc2c(C)cccc2C)nc(-c2cc(C)c(=O)n(C)c2)c1C. The fourth-order valence-corrected chi connectivity index (χ4v) is 4.28. The van der Waals surface area contributed by atoms with Gasteiger partial charge in [-0.25, -0.2) is 8.42 Å². The summed E-state index contributed by atoms with van der Waals surface area (Å²) in [6, 6.07) is 7.61. The van der Waals surface area contributed by atoms with Crippen LogP contribution in [-0.2, 0) is 22.6 Å². The van der Waals surface area contributed by atoms with E-state index in [0.29, 0.717) is 33.8 Å². The lowest BCUT2D eigenvalue weighted by Crippen LogP contribution is -2.19. The maximum Gasteiger partial charge on any atom is 0.322 e. The summed E-state index contributed by atoms with van der Waals surface area (Å²) in [4.78, 5) is 21.2. The molecule has 2 aromatic heterocycles. The molecular weight excluding hydrogens is 414 g/mol. The molecule has 3 rings (SSSR count). The molecule has 164 valence electrons. The van der Waals surface area contributed by atoms with Gasteiger partial charge in [0.25, 0.3) is 5.56 Å². The van der Waals surface area contributed by atoms with E-state index < -0.39 is 9.84 Å². The molecule has 0 aliphatic rings. The van der Waals surface area contributed by atoms with Crippen LogP contribution in [0.15, 0.2) is 35.3 Å². The summed E-state index contributed by atoms with van der Waals surface area (Å²) in [6.07, 6.45) is 1.69. The van der Waals surface area contributed by atoms with Crippen LogP contribution in [0, 0.1) is 27.7 Å². The fraction of sp³-hybridized carbons (Fsp3) is 0.348. The van der Waals surface area contributed by atoms with Gasteiger partial charge in [0.05, 0.1) is 17.1 Å². The largest absolute Gasteiger partial charge is 0.424 e. The van der Waals surface area contributed by atoms with Gasteiger partial charge in [-0.1, -0.05) is 25.1 Å². The Labute approximate surface area is 182 Å². The molecule has 0 fully saturated rings. The summed E-state index contributed by atoms with van der Waals surface area (Å²) in [5.74, 6) is 0.439. The van der Waals surface area contributed by atoms with E-state index in [-0.39, 0.29) is 23.1 Å².